The van der Waals surface area contributed by atoms with Gasteiger partial charge in [-0.15, -0.1) is 0 Å². The zero-order valence-corrected chi connectivity index (χ0v) is 18.8. The van der Waals surface area contributed by atoms with E-state index in [0.29, 0.717) is 30.7 Å². The minimum absolute atomic E-state index is 0.242. The summed E-state index contributed by atoms with van der Waals surface area (Å²) in [5, 5.41) is 2.97. The number of hydrogen-bond acceptors (Lipinski definition) is 5. The number of ether oxygens (including phenoxy) is 1. The third-order valence-electron chi connectivity index (χ3n) is 6.10. The van der Waals surface area contributed by atoms with Gasteiger partial charge in [-0.25, -0.2) is 14.3 Å². The molecule has 5 rings (SSSR count). The van der Waals surface area contributed by atoms with Crippen LogP contribution in [0.3, 0.4) is 0 Å². The Bertz CT molecular complexity index is 1470. The summed E-state index contributed by atoms with van der Waals surface area (Å²) in [6.07, 6.45) is 2.16. The van der Waals surface area contributed by atoms with Gasteiger partial charge in [0.25, 0.3) is 5.56 Å². The molecular formula is C25H25N5O4. The van der Waals surface area contributed by atoms with Crippen molar-refractivity contribution in [2.24, 2.45) is 0 Å². The Balaban J connectivity index is 1.51. The maximum absolute atomic E-state index is 13.4. The van der Waals surface area contributed by atoms with Gasteiger partial charge < -0.3 is 14.6 Å². The molecule has 0 bridgehead atoms. The maximum atomic E-state index is 13.4. The lowest BCUT2D eigenvalue weighted by molar-refractivity contribution is -0.122. The molecule has 9 heteroatoms. The molecule has 0 saturated carbocycles. The average Bonchev–Trinajstić information content (AvgIpc) is 3.30. The van der Waals surface area contributed by atoms with E-state index in [1.165, 1.54) is 4.57 Å². The Kier molecular flexibility index (Phi) is 5.75. The van der Waals surface area contributed by atoms with Gasteiger partial charge in [0.2, 0.25) is 5.91 Å². The van der Waals surface area contributed by atoms with Gasteiger partial charge in [0.1, 0.15) is 12.3 Å². The maximum Gasteiger partial charge on any atom is 0.333 e. The fourth-order valence-corrected chi connectivity index (χ4v) is 4.40. The highest BCUT2D eigenvalue weighted by molar-refractivity contribution is 5.77. The Morgan fingerprint density at radius 2 is 1.85 bits per heavy atom. The highest BCUT2D eigenvalue weighted by atomic mass is 16.5. The van der Waals surface area contributed by atoms with E-state index in [2.05, 4.69) is 10.3 Å². The van der Waals surface area contributed by atoms with Crippen LogP contribution in [-0.4, -0.2) is 31.2 Å². The summed E-state index contributed by atoms with van der Waals surface area (Å²) in [4.78, 5) is 44.1. The van der Waals surface area contributed by atoms with Crippen molar-refractivity contribution in [3.63, 3.8) is 0 Å². The number of nitrogens with one attached hydrogen (secondary N) is 1. The molecule has 4 aromatic rings. The first-order valence-corrected chi connectivity index (χ1v) is 11.3. The summed E-state index contributed by atoms with van der Waals surface area (Å²) < 4.78 is 9.81. The van der Waals surface area contributed by atoms with Crippen molar-refractivity contribution in [2.75, 3.05) is 6.61 Å². The van der Waals surface area contributed by atoms with Gasteiger partial charge in [-0.2, -0.15) is 0 Å². The van der Waals surface area contributed by atoms with Gasteiger partial charge in [0, 0.05) is 18.5 Å². The van der Waals surface area contributed by atoms with Crippen molar-refractivity contribution in [3.8, 4) is 5.75 Å². The van der Waals surface area contributed by atoms with E-state index in [4.69, 9.17) is 4.74 Å². The Morgan fingerprint density at radius 3 is 2.65 bits per heavy atom. The highest BCUT2D eigenvalue weighted by Crippen LogP contribution is 2.31. The number of fused-ring (bicyclic) bond motifs is 2. The normalized spacial score (nSPS) is 15.0. The van der Waals surface area contributed by atoms with Crippen molar-refractivity contribution in [2.45, 2.75) is 39.0 Å². The number of para-hydroxylation sites is 1. The van der Waals surface area contributed by atoms with E-state index in [0.717, 1.165) is 21.4 Å². The van der Waals surface area contributed by atoms with Crippen LogP contribution in [0.1, 0.15) is 30.5 Å². The molecule has 3 heterocycles. The Morgan fingerprint density at radius 1 is 1.09 bits per heavy atom. The van der Waals surface area contributed by atoms with Crippen LogP contribution in [0.2, 0.25) is 0 Å². The number of carbonyl (C=O) groups is 1. The molecule has 1 aliphatic heterocycles. The van der Waals surface area contributed by atoms with Crippen molar-refractivity contribution in [1.82, 2.24) is 24.0 Å². The number of imidazole rings is 1. The lowest BCUT2D eigenvalue weighted by Gasteiger charge is -2.26. The highest BCUT2D eigenvalue weighted by Gasteiger charge is 2.24. The fourth-order valence-electron chi connectivity index (χ4n) is 4.40. The monoisotopic (exact) mass is 459 g/mol. The molecule has 2 aromatic heterocycles. The van der Waals surface area contributed by atoms with Crippen LogP contribution in [0.25, 0.3) is 11.2 Å². The van der Waals surface area contributed by atoms with E-state index >= 15 is 0 Å². The summed E-state index contributed by atoms with van der Waals surface area (Å²) in [7, 11) is 0. The predicted molar refractivity (Wildman–Crippen MR) is 127 cm³/mol. The van der Waals surface area contributed by atoms with Crippen molar-refractivity contribution >= 4 is 17.1 Å². The van der Waals surface area contributed by atoms with Gasteiger partial charge >= 0.3 is 5.69 Å². The molecule has 34 heavy (non-hydrogen) atoms. The number of aryl methyl sites for hydroxylation is 1. The smallest absolute Gasteiger partial charge is 0.333 e. The summed E-state index contributed by atoms with van der Waals surface area (Å²) >= 11 is 0. The van der Waals surface area contributed by atoms with Crippen LogP contribution in [0.5, 0.6) is 5.75 Å². The molecule has 1 atom stereocenters. The Hall–Kier alpha value is -4.14. The summed E-state index contributed by atoms with van der Waals surface area (Å²) in [5.74, 6) is 0.323. The zero-order valence-electron chi connectivity index (χ0n) is 18.8. The van der Waals surface area contributed by atoms with Crippen LogP contribution >= 0.6 is 0 Å². The van der Waals surface area contributed by atoms with Crippen LogP contribution in [0.15, 0.2) is 70.5 Å². The first-order chi connectivity index (χ1) is 16.6. The number of hydrogen-bond donors (Lipinski definition) is 1. The second kappa shape index (κ2) is 9.01. The van der Waals surface area contributed by atoms with Crippen molar-refractivity contribution in [1.29, 1.82) is 0 Å². The summed E-state index contributed by atoms with van der Waals surface area (Å²) in [6, 6.07) is 16.8. The van der Waals surface area contributed by atoms with Gasteiger partial charge in [-0.3, -0.25) is 14.2 Å². The number of nitrogens with zero attached hydrogens (tertiary/aromatic N) is 4. The molecule has 2 aromatic carbocycles. The van der Waals surface area contributed by atoms with Crippen LogP contribution in [-0.2, 0) is 24.4 Å². The standard InChI is InChI=1S/C25H25N5O4/c1-2-28-16-26-23-22(28)24(32)30(25(33)29(23)14-17-8-4-3-5-9-17)15-21(31)27-19-12-13-34-20-11-7-6-10-18(19)20/h3-11,16,19H,2,12-15H2,1H3,(H,27,31)/t19-/m0/s1. The SMILES string of the molecule is CCn1cnc2c1c(=O)n(CC(=O)N[C@H]1CCOc3ccccc31)c(=O)n2Cc1ccccc1. The van der Waals surface area contributed by atoms with E-state index in [-0.39, 0.29) is 19.1 Å². The van der Waals surface area contributed by atoms with Gasteiger partial charge in [0.15, 0.2) is 11.2 Å². The fraction of sp³-hybridized carbons (Fsp3) is 0.280. The lowest BCUT2D eigenvalue weighted by Crippen LogP contribution is -2.45. The molecule has 1 aliphatic rings. The van der Waals surface area contributed by atoms with E-state index in [9.17, 15) is 14.4 Å². The molecule has 1 amide bonds. The lowest BCUT2D eigenvalue weighted by atomic mass is 10.0. The number of rotatable bonds is 6. The molecule has 9 nitrogen and oxygen atoms in total. The van der Waals surface area contributed by atoms with Crippen molar-refractivity contribution < 1.29 is 9.53 Å². The van der Waals surface area contributed by atoms with E-state index in [1.807, 2.05) is 61.5 Å². The summed E-state index contributed by atoms with van der Waals surface area (Å²) in [6.45, 7) is 2.75. The minimum atomic E-state index is -0.565. The quantitative estimate of drug-likeness (QED) is 0.476. The molecule has 0 spiro atoms. The van der Waals surface area contributed by atoms with Gasteiger partial charge in [-0.1, -0.05) is 48.5 Å². The van der Waals surface area contributed by atoms with Crippen LogP contribution in [0.4, 0.5) is 0 Å². The number of amides is 1. The first kappa shape index (κ1) is 21.7. The molecule has 0 saturated heterocycles. The largest absolute Gasteiger partial charge is 0.493 e. The third kappa shape index (κ3) is 3.89. The zero-order chi connectivity index (χ0) is 23.7. The van der Waals surface area contributed by atoms with Crippen LogP contribution < -0.4 is 21.3 Å². The Labute approximate surface area is 195 Å². The second-order valence-electron chi connectivity index (χ2n) is 8.24. The summed E-state index contributed by atoms with van der Waals surface area (Å²) in [5.41, 5.74) is 1.32. The molecule has 0 radical (unpaired) electrons. The molecule has 0 unspecified atom stereocenters. The number of aromatic nitrogens is 4. The second-order valence-corrected chi connectivity index (χ2v) is 8.24. The first-order valence-electron chi connectivity index (χ1n) is 11.3. The van der Waals surface area contributed by atoms with Crippen LogP contribution in [0, 0.1) is 0 Å². The van der Waals surface area contributed by atoms with E-state index < -0.39 is 17.2 Å². The third-order valence-corrected chi connectivity index (χ3v) is 6.10. The number of benzene rings is 2. The van der Waals surface area contributed by atoms with E-state index in [1.54, 1.807) is 10.9 Å². The average molecular weight is 460 g/mol. The minimum Gasteiger partial charge on any atom is -0.493 e. The molecule has 0 aliphatic carbocycles. The van der Waals surface area contributed by atoms with Gasteiger partial charge in [-0.05, 0) is 18.6 Å². The predicted octanol–water partition coefficient (Wildman–Crippen LogP) is 2.07. The molecular weight excluding hydrogens is 434 g/mol. The molecule has 1 N–H and O–H groups in total. The molecule has 0 fully saturated rings. The number of carbonyl (C=O) groups excluding carboxylic acids is 1. The molecule has 174 valence electrons. The van der Waals surface area contributed by atoms with Crippen molar-refractivity contribution in [3.05, 3.63) is 92.9 Å². The topological polar surface area (TPSA) is 100 Å². The van der Waals surface area contributed by atoms with Gasteiger partial charge in [0.05, 0.1) is 25.5 Å².